The molecular formula is C12H12F3NO3. The van der Waals surface area contributed by atoms with Crippen LogP contribution in [0.25, 0.3) is 0 Å². The Labute approximate surface area is 107 Å². The van der Waals surface area contributed by atoms with E-state index in [9.17, 15) is 23.1 Å². The van der Waals surface area contributed by atoms with Crippen molar-refractivity contribution >= 4 is 5.97 Å². The van der Waals surface area contributed by atoms with Crippen molar-refractivity contribution in [3.8, 4) is 0 Å². The lowest BCUT2D eigenvalue weighted by molar-refractivity contribution is -0.145. The summed E-state index contributed by atoms with van der Waals surface area (Å²) in [5.41, 5.74) is -0.120. The molecule has 0 radical (unpaired) electrons. The van der Waals surface area contributed by atoms with Crippen molar-refractivity contribution in [3.05, 3.63) is 35.1 Å². The molecule has 1 aliphatic heterocycles. The summed E-state index contributed by atoms with van der Waals surface area (Å²) < 4.78 is 44.3. The molecule has 1 heterocycles. The number of hydrogen-bond acceptors (Lipinski definition) is 3. The number of rotatable bonds is 3. The van der Waals surface area contributed by atoms with Crippen LogP contribution in [-0.4, -0.2) is 42.3 Å². The molecule has 1 aromatic carbocycles. The van der Waals surface area contributed by atoms with Gasteiger partial charge in [-0.3, -0.25) is 9.69 Å². The molecule has 0 spiro atoms. The fraction of sp³-hybridized carbons (Fsp3) is 0.417. The van der Waals surface area contributed by atoms with E-state index in [0.29, 0.717) is 38.4 Å². The number of carboxylic acid groups (broad SMARTS) is 1. The SMILES string of the molecule is O=C(O)C(c1cc(F)c(F)c(F)c1)N1CCOCC1. The highest BCUT2D eigenvalue weighted by Gasteiger charge is 2.30. The Balaban J connectivity index is 2.36. The Morgan fingerprint density at radius 1 is 1.21 bits per heavy atom. The lowest BCUT2D eigenvalue weighted by atomic mass is 10.0. The molecule has 1 N–H and O–H groups in total. The van der Waals surface area contributed by atoms with E-state index in [1.54, 1.807) is 0 Å². The summed E-state index contributed by atoms with van der Waals surface area (Å²) in [6, 6.07) is 0.216. The standard InChI is InChI=1S/C12H12F3NO3/c13-8-5-7(6-9(14)10(8)15)11(12(17)18)16-1-3-19-4-2-16/h5-6,11H,1-4H2,(H,17,18). The smallest absolute Gasteiger partial charge is 0.325 e. The number of aliphatic carboxylic acids is 1. The van der Waals surface area contributed by atoms with Crippen molar-refractivity contribution < 1.29 is 27.8 Å². The van der Waals surface area contributed by atoms with Gasteiger partial charge in [-0.15, -0.1) is 0 Å². The van der Waals surface area contributed by atoms with Gasteiger partial charge in [0, 0.05) is 13.1 Å². The van der Waals surface area contributed by atoms with E-state index in [1.165, 1.54) is 4.90 Å². The average molecular weight is 275 g/mol. The van der Waals surface area contributed by atoms with Gasteiger partial charge in [0.1, 0.15) is 6.04 Å². The van der Waals surface area contributed by atoms with Crippen LogP contribution in [0.5, 0.6) is 0 Å². The van der Waals surface area contributed by atoms with Crippen molar-refractivity contribution in [1.29, 1.82) is 0 Å². The minimum atomic E-state index is -1.60. The van der Waals surface area contributed by atoms with E-state index < -0.39 is 29.5 Å². The molecular weight excluding hydrogens is 263 g/mol. The molecule has 1 aromatic rings. The van der Waals surface area contributed by atoms with E-state index in [2.05, 4.69) is 0 Å². The second kappa shape index (κ2) is 5.58. The van der Waals surface area contributed by atoms with Gasteiger partial charge in [-0.25, -0.2) is 13.2 Å². The van der Waals surface area contributed by atoms with Gasteiger partial charge < -0.3 is 9.84 Å². The van der Waals surface area contributed by atoms with E-state index in [4.69, 9.17) is 4.74 Å². The summed E-state index contributed by atoms with van der Waals surface area (Å²) in [6.07, 6.45) is 0. The molecule has 1 aliphatic rings. The Kier molecular flexibility index (Phi) is 4.06. The van der Waals surface area contributed by atoms with Crippen LogP contribution >= 0.6 is 0 Å². The first-order valence-corrected chi connectivity index (χ1v) is 5.69. The van der Waals surface area contributed by atoms with Crippen LogP contribution < -0.4 is 0 Å². The van der Waals surface area contributed by atoms with E-state index >= 15 is 0 Å². The topological polar surface area (TPSA) is 49.8 Å². The van der Waals surface area contributed by atoms with Gasteiger partial charge in [0.05, 0.1) is 13.2 Å². The minimum Gasteiger partial charge on any atom is -0.480 e. The van der Waals surface area contributed by atoms with Crippen molar-refractivity contribution in [2.45, 2.75) is 6.04 Å². The number of halogens is 3. The largest absolute Gasteiger partial charge is 0.480 e. The van der Waals surface area contributed by atoms with Gasteiger partial charge in [0.2, 0.25) is 0 Å². The predicted octanol–water partition coefficient (Wildman–Crippen LogP) is 1.56. The Hall–Kier alpha value is -1.60. The first-order valence-electron chi connectivity index (χ1n) is 5.69. The zero-order valence-corrected chi connectivity index (χ0v) is 9.91. The van der Waals surface area contributed by atoms with Gasteiger partial charge >= 0.3 is 5.97 Å². The van der Waals surface area contributed by atoms with Crippen LogP contribution in [0.2, 0.25) is 0 Å². The second-order valence-electron chi connectivity index (χ2n) is 4.19. The van der Waals surface area contributed by atoms with Crippen molar-refractivity contribution in [2.75, 3.05) is 26.3 Å². The highest BCUT2D eigenvalue weighted by atomic mass is 19.2. The number of morpholine rings is 1. The maximum Gasteiger partial charge on any atom is 0.325 e. The molecule has 2 rings (SSSR count). The lowest BCUT2D eigenvalue weighted by Crippen LogP contribution is -2.42. The molecule has 0 aromatic heterocycles. The number of carbonyl (C=O) groups is 1. The first-order chi connectivity index (χ1) is 9.00. The molecule has 7 heteroatoms. The third kappa shape index (κ3) is 2.87. The minimum absolute atomic E-state index is 0.120. The molecule has 19 heavy (non-hydrogen) atoms. The van der Waals surface area contributed by atoms with Crippen molar-refractivity contribution in [1.82, 2.24) is 4.90 Å². The highest BCUT2D eigenvalue weighted by molar-refractivity contribution is 5.75. The molecule has 0 bridgehead atoms. The van der Waals surface area contributed by atoms with Crippen LogP contribution in [0.1, 0.15) is 11.6 Å². The van der Waals surface area contributed by atoms with Crippen LogP contribution in [-0.2, 0) is 9.53 Å². The maximum absolute atomic E-state index is 13.2. The van der Waals surface area contributed by atoms with Crippen LogP contribution in [0, 0.1) is 17.5 Å². The molecule has 4 nitrogen and oxygen atoms in total. The average Bonchev–Trinajstić information content (AvgIpc) is 2.37. The predicted molar refractivity (Wildman–Crippen MR) is 59.1 cm³/mol. The summed E-state index contributed by atoms with van der Waals surface area (Å²) in [7, 11) is 0. The Bertz CT molecular complexity index is 466. The summed E-state index contributed by atoms with van der Waals surface area (Å²) in [5, 5.41) is 9.21. The van der Waals surface area contributed by atoms with E-state index in [1.807, 2.05) is 0 Å². The van der Waals surface area contributed by atoms with Gasteiger partial charge in [-0.05, 0) is 17.7 Å². The van der Waals surface area contributed by atoms with E-state index in [-0.39, 0.29) is 5.56 Å². The summed E-state index contributed by atoms with van der Waals surface area (Å²) in [4.78, 5) is 12.8. The number of nitrogens with zero attached hydrogens (tertiary/aromatic N) is 1. The maximum atomic E-state index is 13.2. The van der Waals surface area contributed by atoms with Gasteiger partial charge in [-0.1, -0.05) is 0 Å². The molecule has 1 saturated heterocycles. The number of benzene rings is 1. The monoisotopic (exact) mass is 275 g/mol. The van der Waals surface area contributed by atoms with Crippen LogP contribution in [0.4, 0.5) is 13.2 Å². The first kappa shape index (κ1) is 13.8. The summed E-state index contributed by atoms with van der Waals surface area (Å²) >= 11 is 0. The van der Waals surface area contributed by atoms with Crippen molar-refractivity contribution in [2.24, 2.45) is 0 Å². The third-order valence-electron chi connectivity index (χ3n) is 2.97. The Morgan fingerprint density at radius 3 is 2.21 bits per heavy atom. The lowest BCUT2D eigenvalue weighted by Gasteiger charge is -2.32. The molecule has 1 fully saturated rings. The number of ether oxygens (including phenoxy) is 1. The molecule has 104 valence electrons. The number of hydrogen-bond donors (Lipinski definition) is 1. The summed E-state index contributed by atoms with van der Waals surface area (Å²) in [5.74, 6) is -5.63. The highest BCUT2D eigenvalue weighted by Crippen LogP contribution is 2.25. The van der Waals surface area contributed by atoms with Crippen LogP contribution in [0.3, 0.4) is 0 Å². The quantitative estimate of drug-likeness (QED) is 0.851. The Morgan fingerprint density at radius 2 is 1.74 bits per heavy atom. The normalized spacial score (nSPS) is 18.3. The fourth-order valence-electron chi connectivity index (χ4n) is 2.08. The molecule has 1 unspecified atom stereocenters. The van der Waals surface area contributed by atoms with Gasteiger partial charge in [-0.2, -0.15) is 0 Å². The van der Waals surface area contributed by atoms with Crippen molar-refractivity contribution in [3.63, 3.8) is 0 Å². The zero-order valence-electron chi connectivity index (χ0n) is 9.91. The zero-order chi connectivity index (χ0) is 14.0. The van der Waals surface area contributed by atoms with Gasteiger partial charge in [0.15, 0.2) is 17.5 Å². The summed E-state index contributed by atoms with van der Waals surface area (Å²) in [6.45, 7) is 1.35. The van der Waals surface area contributed by atoms with E-state index in [0.717, 1.165) is 0 Å². The molecule has 0 aliphatic carbocycles. The van der Waals surface area contributed by atoms with Gasteiger partial charge in [0.25, 0.3) is 0 Å². The fourth-order valence-corrected chi connectivity index (χ4v) is 2.08. The molecule has 0 saturated carbocycles. The molecule has 1 atom stereocenters. The van der Waals surface area contributed by atoms with Crippen LogP contribution in [0.15, 0.2) is 12.1 Å². The second-order valence-corrected chi connectivity index (χ2v) is 4.19. The third-order valence-corrected chi connectivity index (χ3v) is 2.97. The number of carboxylic acids is 1. The molecule has 0 amide bonds.